The highest BCUT2D eigenvalue weighted by molar-refractivity contribution is 6.34. The van der Waals surface area contributed by atoms with Crippen LogP contribution in [0.1, 0.15) is 47.2 Å². The van der Waals surface area contributed by atoms with E-state index in [4.69, 9.17) is 16.3 Å². The van der Waals surface area contributed by atoms with E-state index in [-0.39, 0.29) is 28.8 Å². The second-order valence-corrected chi connectivity index (χ2v) is 8.71. The van der Waals surface area contributed by atoms with Gasteiger partial charge in [-0.3, -0.25) is 10.1 Å². The summed E-state index contributed by atoms with van der Waals surface area (Å²) in [5.41, 5.74) is 4.96. The fourth-order valence-electron chi connectivity index (χ4n) is 4.29. The van der Waals surface area contributed by atoms with Gasteiger partial charge in [-0.1, -0.05) is 73.5 Å². The van der Waals surface area contributed by atoms with Gasteiger partial charge >= 0.3 is 12.1 Å². The van der Waals surface area contributed by atoms with Gasteiger partial charge in [0.15, 0.2) is 0 Å². The van der Waals surface area contributed by atoms with Crippen LogP contribution < -0.4 is 10.6 Å². The van der Waals surface area contributed by atoms with Crippen molar-refractivity contribution in [2.45, 2.75) is 31.7 Å². The fraction of sp³-hybridized carbons (Fsp3) is 0.222. The Balaban J connectivity index is 1.39. The Morgan fingerprint density at radius 3 is 2.20 bits per heavy atom. The molecule has 7 nitrogen and oxygen atoms in total. The molecule has 0 radical (unpaired) electrons. The molecule has 1 aliphatic rings. The maximum atomic E-state index is 12.5. The first kappa shape index (κ1) is 24.3. The second-order valence-electron chi connectivity index (χ2n) is 8.30. The van der Waals surface area contributed by atoms with Gasteiger partial charge in [-0.2, -0.15) is 0 Å². The predicted octanol–water partition coefficient (Wildman–Crippen LogP) is 5.68. The molecular weight excluding hydrogens is 468 g/mol. The lowest BCUT2D eigenvalue weighted by molar-refractivity contribution is -0.139. The normalized spacial score (nSPS) is 12.9. The summed E-state index contributed by atoms with van der Waals surface area (Å²) in [6, 6.07) is 19.5. The van der Waals surface area contributed by atoms with Crippen molar-refractivity contribution in [3.05, 3.63) is 88.4 Å². The van der Waals surface area contributed by atoms with Gasteiger partial charge in [0.25, 0.3) is 5.91 Å². The minimum absolute atomic E-state index is 0.0694. The van der Waals surface area contributed by atoms with E-state index in [2.05, 4.69) is 22.8 Å². The van der Waals surface area contributed by atoms with Crippen LogP contribution in [0.4, 0.5) is 10.5 Å². The minimum Gasteiger partial charge on any atom is -0.480 e. The molecule has 0 saturated carbocycles. The number of anilines is 1. The van der Waals surface area contributed by atoms with Crippen LogP contribution in [-0.4, -0.2) is 35.7 Å². The molecule has 180 valence electrons. The van der Waals surface area contributed by atoms with E-state index in [1.54, 1.807) is 0 Å². The Kier molecular flexibility index (Phi) is 7.36. The van der Waals surface area contributed by atoms with E-state index in [1.807, 2.05) is 43.3 Å². The number of hydrogen-bond donors (Lipinski definition) is 3. The number of aliphatic carboxylic acids is 1. The summed E-state index contributed by atoms with van der Waals surface area (Å²) in [7, 11) is 0. The van der Waals surface area contributed by atoms with Crippen LogP contribution in [0.15, 0.2) is 66.7 Å². The molecule has 3 aromatic carbocycles. The highest BCUT2D eigenvalue weighted by atomic mass is 35.5. The summed E-state index contributed by atoms with van der Waals surface area (Å²) in [4.78, 5) is 36.2. The maximum Gasteiger partial charge on any atom is 0.411 e. The van der Waals surface area contributed by atoms with Gasteiger partial charge < -0.3 is 15.2 Å². The SMILES string of the molecule is CCC[C@H](NC(=O)c1ccc(NC(=O)OCC2c3ccccc3-c3ccccc32)c(Cl)c1)C(=O)O. The van der Waals surface area contributed by atoms with Crippen molar-refractivity contribution in [3.63, 3.8) is 0 Å². The van der Waals surface area contributed by atoms with Crippen molar-refractivity contribution in [2.75, 3.05) is 11.9 Å². The first-order valence-electron chi connectivity index (χ1n) is 11.3. The average molecular weight is 493 g/mol. The van der Waals surface area contributed by atoms with Crippen LogP contribution in [0, 0.1) is 0 Å². The first-order chi connectivity index (χ1) is 16.9. The largest absolute Gasteiger partial charge is 0.480 e. The molecule has 0 unspecified atom stereocenters. The topological polar surface area (TPSA) is 105 Å². The molecule has 3 N–H and O–H groups in total. The zero-order valence-corrected chi connectivity index (χ0v) is 19.8. The van der Waals surface area contributed by atoms with Gasteiger partial charge in [0.1, 0.15) is 12.6 Å². The Labute approximate surface area is 208 Å². The number of fused-ring (bicyclic) bond motifs is 3. The summed E-state index contributed by atoms with van der Waals surface area (Å²) in [5, 5.41) is 14.5. The van der Waals surface area contributed by atoms with Crippen LogP contribution in [-0.2, 0) is 9.53 Å². The first-order valence-corrected chi connectivity index (χ1v) is 11.7. The molecule has 0 aliphatic heterocycles. The predicted molar refractivity (Wildman–Crippen MR) is 134 cm³/mol. The smallest absolute Gasteiger partial charge is 0.411 e. The Morgan fingerprint density at radius 2 is 1.63 bits per heavy atom. The lowest BCUT2D eigenvalue weighted by Crippen LogP contribution is -2.40. The fourth-order valence-corrected chi connectivity index (χ4v) is 4.52. The van der Waals surface area contributed by atoms with E-state index in [1.165, 1.54) is 18.2 Å². The number of carbonyl (C=O) groups is 3. The van der Waals surface area contributed by atoms with Crippen LogP contribution >= 0.6 is 11.6 Å². The van der Waals surface area contributed by atoms with Gasteiger partial charge in [-0.25, -0.2) is 9.59 Å². The van der Waals surface area contributed by atoms with Gasteiger partial charge in [0.2, 0.25) is 0 Å². The Morgan fingerprint density at radius 1 is 1.00 bits per heavy atom. The quantitative estimate of drug-likeness (QED) is 0.375. The Bertz CT molecular complexity index is 1230. The highest BCUT2D eigenvalue weighted by Crippen LogP contribution is 2.44. The standard InChI is InChI=1S/C27H25ClN2O5/c1-2-7-24(26(32)33)29-25(31)16-12-13-23(22(28)14-16)30-27(34)35-15-21-19-10-5-3-8-17(19)18-9-4-6-11-20(18)21/h3-6,8-14,21,24H,2,7,15H2,1H3,(H,29,31)(H,30,34)(H,32,33)/t24-/m0/s1. The van der Waals surface area contributed by atoms with Crippen molar-refractivity contribution in [1.29, 1.82) is 0 Å². The number of carboxylic acids is 1. The number of halogens is 1. The van der Waals surface area contributed by atoms with E-state index >= 15 is 0 Å². The van der Waals surface area contributed by atoms with E-state index in [0.29, 0.717) is 12.8 Å². The molecule has 4 rings (SSSR count). The summed E-state index contributed by atoms with van der Waals surface area (Å²) in [6.07, 6.45) is 0.261. The molecule has 0 aromatic heterocycles. The Hall–Kier alpha value is -3.84. The van der Waals surface area contributed by atoms with Crippen LogP contribution in [0.3, 0.4) is 0 Å². The zero-order valence-electron chi connectivity index (χ0n) is 19.1. The lowest BCUT2D eigenvalue weighted by Gasteiger charge is -2.16. The molecule has 8 heteroatoms. The molecule has 1 atom stereocenters. The third kappa shape index (κ3) is 5.30. The van der Waals surface area contributed by atoms with Crippen molar-refractivity contribution >= 4 is 35.3 Å². The third-order valence-corrected chi connectivity index (χ3v) is 6.31. The molecule has 0 spiro atoms. The molecule has 35 heavy (non-hydrogen) atoms. The average Bonchev–Trinajstić information content (AvgIpc) is 3.17. The van der Waals surface area contributed by atoms with Crippen molar-refractivity contribution in [1.82, 2.24) is 5.32 Å². The number of benzene rings is 3. The van der Waals surface area contributed by atoms with Gasteiger partial charge in [0.05, 0.1) is 10.7 Å². The number of carbonyl (C=O) groups excluding carboxylic acids is 2. The molecule has 1 aliphatic carbocycles. The highest BCUT2D eigenvalue weighted by Gasteiger charge is 2.29. The molecule has 2 amide bonds. The summed E-state index contributed by atoms with van der Waals surface area (Å²) >= 11 is 6.27. The monoisotopic (exact) mass is 492 g/mol. The maximum absolute atomic E-state index is 12.5. The van der Waals surface area contributed by atoms with Crippen molar-refractivity contribution in [3.8, 4) is 11.1 Å². The number of carboxylic acid groups (broad SMARTS) is 1. The van der Waals surface area contributed by atoms with Gasteiger partial charge in [-0.15, -0.1) is 0 Å². The number of ether oxygens (including phenoxy) is 1. The molecule has 0 bridgehead atoms. The minimum atomic E-state index is -1.10. The second kappa shape index (κ2) is 10.6. The van der Waals surface area contributed by atoms with E-state index in [9.17, 15) is 19.5 Å². The number of hydrogen-bond acceptors (Lipinski definition) is 4. The number of nitrogens with one attached hydrogen (secondary N) is 2. The summed E-state index contributed by atoms with van der Waals surface area (Å²) < 4.78 is 5.53. The van der Waals surface area contributed by atoms with Crippen molar-refractivity contribution in [2.24, 2.45) is 0 Å². The van der Waals surface area contributed by atoms with Crippen LogP contribution in [0.25, 0.3) is 11.1 Å². The van der Waals surface area contributed by atoms with E-state index in [0.717, 1.165) is 22.3 Å². The van der Waals surface area contributed by atoms with Crippen molar-refractivity contribution < 1.29 is 24.2 Å². The molecular formula is C27H25ClN2O5. The van der Waals surface area contributed by atoms with Crippen LogP contribution in [0.5, 0.6) is 0 Å². The summed E-state index contributed by atoms with van der Waals surface area (Å²) in [5.74, 6) is -1.72. The molecule has 3 aromatic rings. The molecule has 0 heterocycles. The lowest BCUT2D eigenvalue weighted by atomic mass is 9.98. The third-order valence-electron chi connectivity index (χ3n) is 5.99. The van der Waals surface area contributed by atoms with Crippen LogP contribution in [0.2, 0.25) is 5.02 Å². The van der Waals surface area contributed by atoms with E-state index < -0.39 is 24.0 Å². The van der Waals surface area contributed by atoms with Gasteiger partial charge in [0, 0.05) is 11.5 Å². The number of rotatable bonds is 8. The molecule has 0 fully saturated rings. The summed E-state index contributed by atoms with van der Waals surface area (Å²) in [6.45, 7) is 1.99. The zero-order chi connectivity index (χ0) is 24.9. The molecule has 0 saturated heterocycles. The van der Waals surface area contributed by atoms with Gasteiger partial charge in [-0.05, 0) is 46.9 Å². The number of amides is 2.